The minimum Gasteiger partial charge on any atom is -0.439 e. The molecule has 6 nitrogen and oxygen atoms in total. The van der Waals surface area contributed by atoms with Crippen LogP contribution >= 0.6 is 0 Å². The van der Waals surface area contributed by atoms with Gasteiger partial charge in [0.05, 0.1) is 0 Å². The van der Waals surface area contributed by atoms with Gasteiger partial charge in [0.15, 0.2) is 0 Å². The molecule has 0 aliphatic carbocycles. The molecule has 1 aromatic carbocycles. The number of benzene rings is 1. The number of carbonyl (C=O) groups excluding carboxylic acids is 1. The molecule has 7 heteroatoms. The molecule has 0 radical (unpaired) electrons. The van der Waals surface area contributed by atoms with Crippen molar-refractivity contribution in [3.8, 4) is 11.6 Å². The van der Waals surface area contributed by atoms with Gasteiger partial charge in [-0.3, -0.25) is 4.79 Å². The van der Waals surface area contributed by atoms with E-state index in [1.54, 1.807) is 41.1 Å². The second kappa shape index (κ2) is 7.25. The van der Waals surface area contributed by atoms with Gasteiger partial charge < -0.3 is 14.5 Å². The highest BCUT2D eigenvalue weighted by Gasteiger charge is 2.12. The van der Waals surface area contributed by atoms with Crippen molar-refractivity contribution in [1.29, 1.82) is 0 Å². The third kappa shape index (κ3) is 3.77. The minimum atomic E-state index is -0.398. The van der Waals surface area contributed by atoms with E-state index in [9.17, 15) is 9.18 Å². The van der Waals surface area contributed by atoms with Gasteiger partial charge in [-0.1, -0.05) is 18.2 Å². The molecule has 0 spiro atoms. The Morgan fingerprint density at radius 1 is 1.15 bits per heavy atom. The van der Waals surface area contributed by atoms with E-state index in [0.717, 1.165) is 0 Å². The van der Waals surface area contributed by atoms with Gasteiger partial charge in [-0.2, -0.15) is 0 Å². The van der Waals surface area contributed by atoms with Crippen molar-refractivity contribution in [3.63, 3.8) is 0 Å². The number of rotatable bonds is 5. The summed E-state index contributed by atoms with van der Waals surface area (Å²) in [5.41, 5.74) is 1.68. The SMILES string of the molecule is O=C(NCc1cccnc1Oc1cccc(F)c1)c1cn2ccccc2n1. The maximum atomic E-state index is 13.3. The Labute approximate surface area is 154 Å². The maximum absolute atomic E-state index is 13.3. The fraction of sp³-hybridized carbons (Fsp3) is 0.0500. The number of carbonyl (C=O) groups is 1. The quantitative estimate of drug-likeness (QED) is 0.589. The van der Waals surface area contributed by atoms with Gasteiger partial charge >= 0.3 is 0 Å². The number of hydrogen-bond acceptors (Lipinski definition) is 4. The molecule has 3 aromatic heterocycles. The highest BCUT2D eigenvalue weighted by atomic mass is 19.1. The Hall–Kier alpha value is -3.74. The van der Waals surface area contributed by atoms with Crippen LogP contribution in [0.2, 0.25) is 0 Å². The van der Waals surface area contributed by atoms with E-state index in [1.807, 2.05) is 24.4 Å². The summed E-state index contributed by atoms with van der Waals surface area (Å²) < 4.78 is 20.8. The minimum absolute atomic E-state index is 0.200. The van der Waals surface area contributed by atoms with Crippen LogP contribution < -0.4 is 10.1 Å². The first-order valence-electron chi connectivity index (χ1n) is 8.28. The molecule has 3 heterocycles. The first-order valence-corrected chi connectivity index (χ1v) is 8.28. The molecule has 0 aliphatic rings. The molecule has 4 rings (SSSR count). The van der Waals surface area contributed by atoms with Crippen molar-refractivity contribution in [2.45, 2.75) is 6.54 Å². The van der Waals surface area contributed by atoms with Gasteiger partial charge in [0.1, 0.15) is 22.9 Å². The highest BCUT2D eigenvalue weighted by Crippen LogP contribution is 2.23. The Morgan fingerprint density at radius 3 is 2.93 bits per heavy atom. The molecule has 1 amide bonds. The largest absolute Gasteiger partial charge is 0.439 e. The van der Waals surface area contributed by atoms with Crippen LogP contribution in [-0.2, 0) is 6.54 Å². The molecule has 0 atom stereocenters. The predicted octanol–water partition coefficient (Wildman–Crippen LogP) is 3.59. The summed E-state index contributed by atoms with van der Waals surface area (Å²) in [5, 5.41) is 2.80. The summed E-state index contributed by atoms with van der Waals surface area (Å²) >= 11 is 0. The zero-order valence-electron chi connectivity index (χ0n) is 14.2. The van der Waals surface area contributed by atoms with Crippen LogP contribution in [0.25, 0.3) is 5.65 Å². The number of nitrogens with zero attached hydrogens (tertiary/aromatic N) is 3. The molecular weight excluding hydrogens is 347 g/mol. The van der Waals surface area contributed by atoms with E-state index in [0.29, 0.717) is 28.5 Å². The summed E-state index contributed by atoms with van der Waals surface area (Å²) in [6.45, 7) is 0.200. The number of hydrogen-bond donors (Lipinski definition) is 1. The van der Waals surface area contributed by atoms with Gasteiger partial charge in [-0.25, -0.2) is 14.4 Å². The molecule has 0 unspecified atom stereocenters. The molecule has 1 N–H and O–H groups in total. The van der Waals surface area contributed by atoms with Gasteiger partial charge in [0, 0.05) is 36.8 Å². The van der Waals surface area contributed by atoms with Crippen LogP contribution in [0.5, 0.6) is 11.6 Å². The lowest BCUT2D eigenvalue weighted by Crippen LogP contribution is -2.23. The van der Waals surface area contributed by atoms with Gasteiger partial charge in [-0.05, 0) is 30.3 Å². The molecule has 0 fully saturated rings. The Kier molecular flexibility index (Phi) is 4.49. The van der Waals surface area contributed by atoms with Crippen molar-refractivity contribution in [1.82, 2.24) is 19.7 Å². The van der Waals surface area contributed by atoms with E-state index in [1.165, 1.54) is 12.1 Å². The summed E-state index contributed by atoms with van der Waals surface area (Å²) in [7, 11) is 0. The van der Waals surface area contributed by atoms with Gasteiger partial charge in [-0.15, -0.1) is 0 Å². The van der Waals surface area contributed by atoms with Crippen LogP contribution in [0.4, 0.5) is 4.39 Å². The number of imidazole rings is 1. The fourth-order valence-corrected chi connectivity index (χ4v) is 2.60. The van der Waals surface area contributed by atoms with Crippen molar-refractivity contribution < 1.29 is 13.9 Å². The van der Waals surface area contributed by atoms with Crippen molar-refractivity contribution in [3.05, 3.63) is 90.3 Å². The molecule has 4 aromatic rings. The molecule has 134 valence electrons. The van der Waals surface area contributed by atoms with Crippen molar-refractivity contribution >= 4 is 11.6 Å². The zero-order chi connectivity index (χ0) is 18.6. The number of ether oxygens (including phenoxy) is 1. The number of nitrogens with one attached hydrogen (secondary N) is 1. The van der Waals surface area contributed by atoms with E-state index < -0.39 is 5.82 Å². The van der Waals surface area contributed by atoms with E-state index in [-0.39, 0.29) is 12.5 Å². The monoisotopic (exact) mass is 362 g/mol. The predicted molar refractivity (Wildman–Crippen MR) is 97.1 cm³/mol. The smallest absolute Gasteiger partial charge is 0.271 e. The summed E-state index contributed by atoms with van der Waals surface area (Å²) in [6, 6.07) is 14.9. The fourth-order valence-electron chi connectivity index (χ4n) is 2.60. The molecule has 0 saturated heterocycles. The molecule has 0 saturated carbocycles. The van der Waals surface area contributed by atoms with E-state index >= 15 is 0 Å². The first kappa shape index (κ1) is 16.7. The zero-order valence-corrected chi connectivity index (χ0v) is 14.2. The Morgan fingerprint density at radius 2 is 2.07 bits per heavy atom. The first-order chi connectivity index (χ1) is 13.2. The lowest BCUT2D eigenvalue weighted by atomic mass is 10.2. The Balaban J connectivity index is 1.48. The second-order valence-electron chi connectivity index (χ2n) is 5.80. The molecular formula is C20H15FN4O2. The van der Waals surface area contributed by atoms with Crippen LogP contribution in [-0.4, -0.2) is 20.3 Å². The topological polar surface area (TPSA) is 68.5 Å². The van der Waals surface area contributed by atoms with Crippen LogP contribution in [0.3, 0.4) is 0 Å². The lowest BCUT2D eigenvalue weighted by Gasteiger charge is -2.10. The van der Waals surface area contributed by atoms with Gasteiger partial charge in [0.2, 0.25) is 5.88 Å². The van der Waals surface area contributed by atoms with Crippen LogP contribution in [0.1, 0.15) is 16.1 Å². The molecule has 27 heavy (non-hydrogen) atoms. The van der Waals surface area contributed by atoms with E-state index in [4.69, 9.17) is 4.74 Å². The summed E-state index contributed by atoms with van der Waals surface area (Å²) in [5.74, 6) is -0.0654. The van der Waals surface area contributed by atoms with Crippen molar-refractivity contribution in [2.24, 2.45) is 0 Å². The third-order valence-electron chi connectivity index (χ3n) is 3.90. The lowest BCUT2D eigenvalue weighted by molar-refractivity contribution is 0.0946. The standard InChI is InChI=1S/C20H15FN4O2/c21-15-6-3-7-16(11-15)27-20-14(5-4-9-22-20)12-23-19(26)17-13-25-10-2-1-8-18(25)24-17/h1-11,13H,12H2,(H,23,26). The third-order valence-corrected chi connectivity index (χ3v) is 3.90. The summed E-state index contributed by atoms with van der Waals surface area (Å²) in [6.07, 6.45) is 5.06. The summed E-state index contributed by atoms with van der Waals surface area (Å²) in [4.78, 5) is 20.9. The Bertz CT molecular complexity index is 1080. The highest BCUT2D eigenvalue weighted by molar-refractivity contribution is 5.92. The molecule has 0 bridgehead atoms. The number of halogens is 1. The average molecular weight is 362 g/mol. The number of fused-ring (bicyclic) bond motifs is 1. The second-order valence-corrected chi connectivity index (χ2v) is 5.80. The van der Waals surface area contributed by atoms with E-state index in [2.05, 4.69) is 15.3 Å². The number of amides is 1. The van der Waals surface area contributed by atoms with Crippen LogP contribution in [0, 0.1) is 5.82 Å². The maximum Gasteiger partial charge on any atom is 0.271 e. The van der Waals surface area contributed by atoms with Gasteiger partial charge in [0.25, 0.3) is 5.91 Å². The van der Waals surface area contributed by atoms with Crippen LogP contribution in [0.15, 0.2) is 73.2 Å². The van der Waals surface area contributed by atoms with Crippen molar-refractivity contribution in [2.75, 3.05) is 0 Å². The number of aromatic nitrogens is 3. The average Bonchev–Trinajstić information content (AvgIpc) is 3.11. The number of pyridine rings is 2. The molecule has 0 aliphatic heterocycles. The normalized spacial score (nSPS) is 10.7.